The molecule has 4 nitrogen and oxygen atoms in total. The number of nitrogen functional groups attached to an aromatic ring is 1. The van der Waals surface area contributed by atoms with Crippen molar-refractivity contribution in [3.05, 3.63) is 65.2 Å². The van der Waals surface area contributed by atoms with E-state index in [0.717, 1.165) is 11.1 Å². The number of benzene rings is 2. The van der Waals surface area contributed by atoms with Crippen molar-refractivity contribution in [2.45, 2.75) is 19.4 Å². The molecule has 4 heteroatoms. The number of anilines is 1. The minimum atomic E-state index is -0.827. The first kappa shape index (κ1) is 15.1. The SMILES string of the molecule is Cc1cc(N)ccc1C(=O)NC(C)(CO)c1ccccc1. The number of hydrogen-bond acceptors (Lipinski definition) is 3. The van der Waals surface area contributed by atoms with Crippen molar-refractivity contribution in [1.82, 2.24) is 5.32 Å². The van der Waals surface area contributed by atoms with Gasteiger partial charge in [-0.05, 0) is 43.2 Å². The van der Waals surface area contributed by atoms with Crippen LogP contribution in [0.5, 0.6) is 0 Å². The first-order valence-electron chi connectivity index (χ1n) is 6.81. The summed E-state index contributed by atoms with van der Waals surface area (Å²) in [5.74, 6) is -0.229. The number of hydrogen-bond donors (Lipinski definition) is 3. The van der Waals surface area contributed by atoms with Crippen LogP contribution in [0, 0.1) is 6.92 Å². The van der Waals surface area contributed by atoms with Crippen molar-refractivity contribution in [3.8, 4) is 0 Å². The molecule has 2 rings (SSSR count). The summed E-state index contributed by atoms with van der Waals surface area (Å²) in [4.78, 5) is 12.5. The summed E-state index contributed by atoms with van der Waals surface area (Å²) in [5, 5.41) is 12.6. The molecule has 0 saturated heterocycles. The van der Waals surface area contributed by atoms with Gasteiger partial charge in [-0.15, -0.1) is 0 Å². The maximum atomic E-state index is 12.5. The fourth-order valence-electron chi connectivity index (χ4n) is 2.27. The zero-order valence-electron chi connectivity index (χ0n) is 12.3. The van der Waals surface area contributed by atoms with Gasteiger partial charge < -0.3 is 16.2 Å². The minimum Gasteiger partial charge on any atom is -0.399 e. The zero-order chi connectivity index (χ0) is 15.5. The largest absolute Gasteiger partial charge is 0.399 e. The predicted octanol–water partition coefficient (Wildman–Crippen LogP) is 2.21. The van der Waals surface area contributed by atoms with Gasteiger partial charge in [0.05, 0.1) is 12.1 Å². The van der Waals surface area contributed by atoms with Crippen molar-refractivity contribution < 1.29 is 9.90 Å². The molecule has 0 fully saturated rings. The van der Waals surface area contributed by atoms with E-state index < -0.39 is 5.54 Å². The second-order valence-corrected chi connectivity index (χ2v) is 5.38. The fourth-order valence-corrected chi connectivity index (χ4v) is 2.27. The topological polar surface area (TPSA) is 75.4 Å². The molecule has 0 heterocycles. The highest BCUT2D eigenvalue weighted by atomic mass is 16.3. The molecule has 4 N–H and O–H groups in total. The van der Waals surface area contributed by atoms with Crippen molar-refractivity contribution in [1.29, 1.82) is 0 Å². The quantitative estimate of drug-likeness (QED) is 0.754. The Balaban J connectivity index is 2.28. The molecule has 1 atom stereocenters. The lowest BCUT2D eigenvalue weighted by Gasteiger charge is -2.29. The lowest BCUT2D eigenvalue weighted by molar-refractivity contribution is 0.0849. The number of aryl methyl sites for hydroxylation is 1. The van der Waals surface area contributed by atoms with E-state index in [4.69, 9.17) is 5.73 Å². The van der Waals surface area contributed by atoms with E-state index >= 15 is 0 Å². The normalized spacial score (nSPS) is 13.5. The highest BCUT2D eigenvalue weighted by molar-refractivity contribution is 5.96. The summed E-state index contributed by atoms with van der Waals surface area (Å²) < 4.78 is 0. The molecule has 0 bridgehead atoms. The van der Waals surface area contributed by atoms with Gasteiger partial charge in [-0.2, -0.15) is 0 Å². The number of aliphatic hydroxyl groups is 1. The summed E-state index contributed by atoms with van der Waals surface area (Å²) >= 11 is 0. The van der Waals surface area contributed by atoms with Crippen LogP contribution >= 0.6 is 0 Å². The lowest BCUT2D eigenvalue weighted by atomic mass is 9.92. The zero-order valence-corrected chi connectivity index (χ0v) is 12.3. The van der Waals surface area contributed by atoms with Crippen molar-refractivity contribution >= 4 is 11.6 Å². The van der Waals surface area contributed by atoms with Crippen LogP contribution in [-0.2, 0) is 5.54 Å². The Morgan fingerprint density at radius 3 is 2.48 bits per heavy atom. The molecule has 0 aromatic heterocycles. The van der Waals surface area contributed by atoms with Crippen LogP contribution in [0.4, 0.5) is 5.69 Å². The second kappa shape index (κ2) is 5.97. The highest BCUT2D eigenvalue weighted by Crippen LogP contribution is 2.21. The number of nitrogens with two attached hydrogens (primary N) is 1. The van der Waals surface area contributed by atoms with Crippen LogP contribution in [0.2, 0.25) is 0 Å². The van der Waals surface area contributed by atoms with E-state index in [9.17, 15) is 9.90 Å². The Bertz CT molecular complexity index is 640. The molecular formula is C17H20N2O2. The van der Waals surface area contributed by atoms with E-state index in [0.29, 0.717) is 11.3 Å². The van der Waals surface area contributed by atoms with Crippen LogP contribution in [0.25, 0.3) is 0 Å². The molecule has 0 aliphatic heterocycles. The number of carbonyl (C=O) groups excluding carboxylic acids is 1. The Kier molecular flexibility index (Phi) is 4.29. The summed E-state index contributed by atoms with van der Waals surface area (Å²) in [6.45, 7) is 3.45. The molecule has 1 unspecified atom stereocenters. The highest BCUT2D eigenvalue weighted by Gasteiger charge is 2.28. The molecule has 0 aliphatic rings. The lowest BCUT2D eigenvalue weighted by Crippen LogP contribution is -2.46. The Morgan fingerprint density at radius 2 is 1.90 bits per heavy atom. The van der Waals surface area contributed by atoms with Gasteiger partial charge >= 0.3 is 0 Å². The second-order valence-electron chi connectivity index (χ2n) is 5.38. The maximum absolute atomic E-state index is 12.5. The van der Waals surface area contributed by atoms with Crippen molar-refractivity contribution in [2.24, 2.45) is 0 Å². The van der Waals surface area contributed by atoms with Gasteiger partial charge in [0.2, 0.25) is 0 Å². The number of aliphatic hydroxyl groups excluding tert-OH is 1. The van der Waals surface area contributed by atoms with Gasteiger partial charge in [0.15, 0.2) is 0 Å². The maximum Gasteiger partial charge on any atom is 0.252 e. The molecule has 2 aromatic rings. The summed E-state index contributed by atoms with van der Waals surface area (Å²) in [6.07, 6.45) is 0. The average molecular weight is 284 g/mol. The fraction of sp³-hybridized carbons (Fsp3) is 0.235. The van der Waals surface area contributed by atoms with E-state index in [1.807, 2.05) is 37.3 Å². The van der Waals surface area contributed by atoms with Crippen LogP contribution in [-0.4, -0.2) is 17.6 Å². The number of rotatable bonds is 4. The summed E-state index contributed by atoms with van der Waals surface area (Å²) in [6, 6.07) is 14.6. The van der Waals surface area contributed by atoms with Crippen molar-refractivity contribution in [2.75, 3.05) is 12.3 Å². The Labute approximate surface area is 124 Å². The standard InChI is InChI=1S/C17H20N2O2/c1-12-10-14(18)8-9-15(12)16(21)19-17(2,11-20)13-6-4-3-5-7-13/h3-10,20H,11,18H2,1-2H3,(H,19,21). The number of carbonyl (C=O) groups is 1. The van der Waals surface area contributed by atoms with Crippen LogP contribution in [0.15, 0.2) is 48.5 Å². The van der Waals surface area contributed by atoms with E-state index in [1.165, 1.54) is 0 Å². The smallest absolute Gasteiger partial charge is 0.252 e. The Morgan fingerprint density at radius 1 is 1.24 bits per heavy atom. The third-order valence-corrected chi connectivity index (χ3v) is 3.61. The monoisotopic (exact) mass is 284 g/mol. The van der Waals surface area contributed by atoms with Gasteiger partial charge in [-0.3, -0.25) is 4.79 Å². The number of nitrogens with one attached hydrogen (secondary N) is 1. The Hall–Kier alpha value is -2.33. The van der Waals surface area contributed by atoms with E-state index in [1.54, 1.807) is 25.1 Å². The summed E-state index contributed by atoms with van der Waals surface area (Å²) in [7, 11) is 0. The third kappa shape index (κ3) is 3.23. The predicted molar refractivity (Wildman–Crippen MR) is 83.9 cm³/mol. The molecular weight excluding hydrogens is 264 g/mol. The van der Waals surface area contributed by atoms with Crippen LogP contribution in [0.1, 0.15) is 28.4 Å². The molecule has 0 aliphatic carbocycles. The molecule has 2 aromatic carbocycles. The molecule has 110 valence electrons. The first-order chi connectivity index (χ1) is 9.96. The van der Waals surface area contributed by atoms with Crippen LogP contribution < -0.4 is 11.1 Å². The molecule has 1 amide bonds. The van der Waals surface area contributed by atoms with Gasteiger partial charge in [-0.1, -0.05) is 30.3 Å². The van der Waals surface area contributed by atoms with Crippen molar-refractivity contribution in [3.63, 3.8) is 0 Å². The third-order valence-electron chi connectivity index (χ3n) is 3.61. The van der Waals surface area contributed by atoms with Gasteiger partial charge in [0.1, 0.15) is 0 Å². The van der Waals surface area contributed by atoms with E-state index in [2.05, 4.69) is 5.32 Å². The number of amides is 1. The molecule has 0 saturated carbocycles. The van der Waals surface area contributed by atoms with Gasteiger partial charge in [0.25, 0.3) is 5.91 Å². The first-order valence-corrected chi connectivity index (χ1v) is 6.81. The van der Waals surface area contributed by atoms with Gasteiger partial charge in [0, 0.05) is 11.3 Å². The van der Waals surface area contributed by atoms with Crippen LogP contribution in [0.3, 0.4) is 0 Å². The van der Waals surface area contributed by atoms with Gasteiger partial charge in [-0.25, -0.2) is 0 Å². The van der Waals surface area contributed by atoms with E-state index in [-0.39, 0.29) is 12.5 Å². The molecule has 0 radical (unpaired) electrons. The summed E-state index contributed by atoms with van der Waals surface area (Å²) in [5.41, 5.74) is 7.71. The minimum absolute atomic E-state index is 0.184. The molecule has 21 heavy (non-hydrogen) atoms. The molecule has 0 spiro atoms. The average Bonchev–Trinajstić information content (AvgIpc) is 2.47.